The average Bonchev–Trinajstić information content (AvgIpc) is 2.76. The van der Waals surface area contributed by atoms with Gasteiger partial charge in [-0.05, 0) is 32.9 Å². The Labute approximate surface area is 117 Å². The number of nitrogen functional groups attached to an aromatic ring is 1. The lowest BCUT2D eigenvalue weighted by molar-refractivity contribution is 0.225. The summed E-state index contributed by atoms with van der Waals surface area (Å²) in [6, 6.07) is 0. The molecule has 1 saturated heterocycles. The number of sulfonamides is 1. The van der Waals surface area contributed by atoms with Gasteiger partial charge < -0.3 is 10.6 Å². The highest BCUT2D eigenvalue weighted by Gasteiger charge is 2.32. The SMILES string of the molecule is CN(C)CC1CCN(S(=O)(=O)c2nnc(N)s2)CC1. The molecule has 0 unspecified atom stereocenters. The lowest BCUT2D eigenvalue weighted by atomic mass is 9.98. The summed E-state index contributed by atoms with van der Waals surface area (Å²) in [5.74, 6) is 0.556. The number of rotatable bonds is 4. The van der Waals surface area contributed by atoms with Crippen molar-refractivity contribution in [2.75, 3.05) is 39.5 Å². The Hall–Kier alpha value is -0.770. The molecule has 0 atom stereocenters. The Balaban J connectivity index is 2.01. The normalized spacial score (nSPS) is 19.1. The molecule has 2 rings (SSSR count). The van der Waals surface area contributed by atoms with Crippen LogP contribution in [-0.4, -0.2) is 61.5 Å². The van der Waals surface area contributed by atoms with Crippen LogP contribution in [0.1, 0.15) is 12.8 Å². The van der Waals surface area contributed by atoms with Crippen molar-refractivity contribution in [3.8, 4) is 0 Å². The molecule has 9 heteroatoms. The van der Waals surface area contributed by atoms with E-state index < -0.39 is 10.0 Å². The molecule has 7 nitrogen and oxygen atoms in total. The number of nitrogens with two attached hydrogens (primary N) is 1. The smallest absolute Gasteiger partial charge is 0.272 e. The summed E-state index contributed by atoms with van der Waals surface area (Å²) >= 11 is 0.917. The lowest BCUT2D eigenvalue weighted by Gasteiger charge is -2.31. The van der Waals surface area contributed by atoms with Gasteiger partial charge in [-0.15, -0.1) is 10.2 Å². The van der Waals surface area contributed by atoms with Crippen LogP contribution in [0.4, 0.5) is 5.13 Å². The molecule has 2 N–H and O–H groups in total. The van der Waals surface area contributed by atoms with E-state index in [0.717, 1.165) is 30.7 Å². The molecule has 0 aliphatic carbocycles. The maximum absolute atomic E-state index is 12.3. The van der Waals surface area contributed by atoms with E-state index in [1.807, 2.05) is 14.1 Å². The minimum absolute atomic E-state index is 0.00365. The van der Waals surface area contributed by atoms with Crippen LogP contribution in [0.5, 0.6) is 0 Å². The third-order valence-electron chi connectivity index (χ3n) is 3.18. The molecule has 108 valence electrons. The van der Waals surface area contributed by atoms with Crippen LogP contribution in [0.25, 0.3) is 0 Å². The number of aromatic nitrogens is 2. The van der Waals surface area contributed by atoms with E-state index in [-0.39, 0.29) is 9.47 Å². The molecule has 2 heterocycles. The van der Waals surface area contributed by atoms with Gasteiger partial charge >= 0.3 is 0 Å². The van der Waals surface area contributed by atoms with E-state index in [9.17, 15) is 8.42 Å². The Morgan fingerprint density at radius 2 is 2.00 bits per heavy atom. The zero-order chi connectivity index (χ0) is 14.0. The topological polar surface area (TPSA) is 92.4 Å². The van der Waals surface area contributed by atoms with Crippen molar-refractivity contribution in [3.05, 3.63) is 0 Å². The Morgan fingerprint density at radius 3 is 2.47 bits per heavy atom. The zero-order valence-electron chi connectivity index (χ0n) is 11.1. The average molecular weight is 305 g/mol. The molecule has 0 amide bonds. The van der Waals surface area contributed by atoms with Crippen molar-refractivity contribution in [1.29, 1.82) is 0 Å². The summed E-state index contributed by atoms with van der Waals surface area (Å²) in [5, 5.41) is 7.38. The summed E-state index contributed by atoms with van der Waals surface area (Å²) in [7, 11) is 0.561. The fraction of sp³-hybridized carbons (Fsp3) is 0.800. The fourth-order valence-electron chi connectivity index (χ4n) is 2.28. The van der Waals surface area contributed by atoms with Crippen LogP contribution >= 0.6 is 11.3 Å². The van der Waals surface area contributed by atoms with Gasteiger partial charge in [0.05, 0.1) is 0 Å². The van der Waals surface area contributed by atoms with Crippen LogP contribution in [0.3, 0.4) is 0 Å². The summed E-state index contributed by atoms with van der Waals surface area (Å²) < 4.78 is 26.1. The molecule has 1 fully saturated rings. The molecule has 19 heavy (non-hydrogen) atoms. The Kier molecular flexibility index (Phi) is 4.39. The number of hydrogen-bond donors (Lipinski definition) is 1. The van der Waals surface area contributed by atoms with Gasteiger partial charge in [0.1, 0.15) is 0 Å². The number of anilines is 1. The quantitative estimate of drug-likeness (QED) is 0.847. The van der Waals surface area contributed by atoms with E-state index in [4.69, 9.17) is 5.73 Å². The van der Waals surface area contributed by atoms with Crippen LogP contribution < -0.4 is 5.73 Å². The fourth-order valence-corrected chi connectivity index (χ4v) is 4.68. The molecule has 0 saturated carbocycles. The Bertz CT molecular complexity index is 520. The van der Waals surface area contributed by atoms with E-state index in [2.05, 4.69) is 15.1 Å². The van der Waals surface area contributed by atoms with Crippen LogP contribution in [0.2, 0.25) is 0 Å². The van der Waals surface area contributed by atoms with Crippen molar-refractivity contribution >= 4 is 26.5 Å². The van der Waals surface area contributed by atoms with Gasteiger partial charge in [0.25, 0.3) is 10.0 Å². The second-order valence-electron chi connectivity index (χ2n) is 5.02. The van der Waals surface area contributed by atoms with E-state index in [1.165, 1.54) is 4.31 Å². The maximum Gasteiger partial charge on any atom is 0.272 e. The van der Waals surface area contributed by atoms with Gasteiger partial charge in [-0.1, -0.05) is 11.3 Å². The van der Waals surface area contributed by atoms with Crippen LogP contribution in [0.15, 0.2) is 4.34 Å². The van der Waals surface area contributed by atoms with Crippen molar-refractivity contribution < 1.29 is 8.42 Å². The van der Waals surface area contributed by atoms with E-state index in [1.54, 1.807) is 0 Å². The minimum atomic E-state index is -3.51. The molecule has 0 spiro atoms. The summed E-state index contributed by atoms with van der Waals surface area (Å²) in [4.78, 5) is 2.14. The maximum atomic E-state index is 12.3. The first kappa shape index (κ1) is 14.6. The van der Waals surface area contributed by atoms with Gasteiger partial charge in [0.15, 0.2) is 0 Å². The van der Waals surface area contributed by atoms with Crippen molar-refractivity contribution in [2.24, 2.45) is 5.92 Å². The monoisotopic (exact) mass is 305 g/mol. The number of piperidine rings is 1. The molecular weight excluding hydrogens is 286 g/mol. The molecule has 1 aromatic rings. The van der Waals surface area contributed by atoms with Crippen LogP contribution in [-0.2, 0) is 10.0 Å². The van der Waals surface area contributed by atoms with Gasteiger partial charge in [-0.2, -0.15) is 4.31 Å². The van der Waals surface area contributed by atoms with Gasteiger partial charge in [-0.25, -0.2) is 8.42 Å². The lowest BCUT2D eigenvalue weighted by Crippen LogP contribution is -2.40. The summed E-state index contributed by atoms with van der Waals surface area (Å²) in [6.07, 6.45) is 1.76. The van der Waals surface area contributed by atoms with Crippen molar-refractivity contribution in [2.45, 2.75) is 17.2 Å². The minimum Gasteiger partial charge on any atom is -0.374 e. The first-order valence-corrected chi connectivity index (χ1v) is 8.39. The highest BCUT2D eigenvalue weighted by Crippen LogP contribution is 2.26. The standard InChI is InChI=1S/C10H19N5O2S2/c1-14(2)7-8-3-5-15(6-4-8)19(16,17)10-13-12-9(11)18-10/h8H,3-7H2,1-2H3,(H2,11,12). The zero-order valence-corrected chi connectivity index (χ0v) is 12.7. The number of hydrogen-bond acceptors (Lipinski definition) is 7. The van der Waals surface area contributed by atoms with Crippen LogP contribution in [0, 0.1) is 5.92 Å². The predicted octanol–water partition coefficient (Wildman–Crippen LogP) is 0.0826. The van der Waals surface area contributed by atoms with Gasteiger partial charge in [0.2, 0.25) is 9.47 Å². The molecule has 0 bridgehead atoms. The van der Waals surface area contributed by atoms with E-state index in [0.29, 0.717) is 19.0 Å². The first-order valence-electron chi connectivity index (χ1n) is 6.13. The van der Waals surface area contributed by atoms with Crippen molar-refractivity contribution in [1.82, 2.24) is 19.4 Å². The van der Waals surface area contributed by atoms with Gasteiger partial charge in [0, 0.05) is 19.6 Å². The molecule has 1 aromatic heterocycles. The molecule has 0 radical (unpaired) electrons. The molecular formula is C10H19N5O2S2. The first-order chi connectivity index (χ1) is 8.89. The second-order valence-corrected chi connectivity index (χ2v) is 8.14. The second kappa shape index (κ2) is 5.70. The molecule has 1 aliphatic rings. The number of nitrogens with zero attached hydrogens (tertiary/aromatic N) is 4. The largest absolute Gasteiger partial charge is 0.374 e. The molecule has 0 aromatic carbocycles. The highest BCUT2D eigenvalue weighted by molar-refractivity contribution is 7.91. The Morgan fingerprint density at radius 1 is 1.37 bits per heavy atom. The third kappa shape index (κ3) is 3.41. The van der Waals surface area contributed by atoms with Gasteiger partial charge in [-0.3, -0.25) is 0 Å². The third-order valence-corrected chi connectivity index (χ3v) is 6.18. The van der Waals surface area contributed by atoms with E-state index >= 15 is 0 Å². The van der Waals surface area contributed by atoms with Crippen molar-refractivity contribution in [3.63, 3.8) is 0 Å². The molecule has 1 aliphatic heterocycles. The summed E-state index contributed by atoms with van der Waals surface area (Å²) in [6.45, 7) is 2.08. The predicted molar refractivity (Wildman–Crippen MR) is 74.4 cm³/mol. The summed E-state index contributed by atoms with van der Waals surface area (Å²) in [5.41, 5.74) is 5.44. The highest BCUT2D eigenvalue weighted by atomic mass is 32.2.